The second-order valence-corrected chi connectivity index (χ2v) is 5.11. The Morgan fingerprint density at radius 2 is 2.31 bits per heavy atom. The molecule has 0 aromatic rings. The van der Waals surface area contributed by atoms with Gasteiger partial charge in [-0.05, 0) is 38.6 Å². The Hall–Kier alpha value is -0.610. The van der Waals surface area contributed by atoms with E-state index in [-0.39, 0.29) is 0 Å². The van der Waals surface area contributed by atoms with Crippen LogP contribution in [0.2, 0.25) is 0 Å². The topological polar surface area (TPSA) is 49.8 Å². The molecule has 2 saturated heterocycles. The Balaban J connectivity index is 1.81. The molecule has 0 aromatic carbocycles. The minimum Gasteiger partial charge on any atom is -0.481 e. The van der Waals surface area contributed by atoms with Crippen LogP contribution in [-0.4, -0.2) is 47.8 Å². The molecular formula is C12H21NO3. The summed E-state index contributed by atoms with van der Waals surface area (Å²) in [5, 5.41) is 8.77. The highest BCUT2D eigenvalue weighted by Gasteiger charge is 2.31. The number of carbonyl (C=O) groups is 1. The molecule has 2 aliphatic rings. The number of hydrogen-bond donors (Lipinski definition) is 1. The van der Waals surface area contributed by atoms with Crippen molar-refractivity contribution in [3.8, 4) is 0 Å². The maximum Gasteiger partial charge on any atom is 0.303 e. The van der Waals surface area contributed by atoms with E-state index >= 15 is 0 Å². The van der Waals surface area contributed by atoms with Gasteiger partial charge in [0.1, 0.15) is 0 Å². The average Bonchev–Trinajstić information content (AvgIpc) is 2.65. The molecule has 0 aromatic heterocycles. The van der Waals surface area contributed by atoms with E-state index in [4.69, 9.17) is 9.84 Å². The van der Waals surface area contributed by atoms with Crippen LogP contribution in [0.3, 0.4) is 0 Å². The number of carboxylic acids is 1. The highest BCUT2D eigenvalue weighted by atomic mass is 16.5. The van der Waals surface area contributed by atoms with E-state index in [2.05, 4.69) is 11.8 Å². The van der Waals surface area contributed by atoms with Crippen molar-refractivity contribution in [2.24, 2.45) is 5.92 Å². The van der Waals surface area contributed by atoms with Crippen molar-refractivity contribution in [1.29, 1.82) is 0 Å². The van der Waals surface area contributed by atoms with E-state index in [9.17, 15) is 4.79 Å². The summed E-state index contributed by atoms with van der Waals surface area (Å²) in [4.78, 5) is 13.1. The number of likely N-dealkylation sites (tertiary alicyclic amines) is 1. The zero-order valence-electron chi connectivity index (χ0n) is 9.89. The van der Waals surface area contributed by atoms with Gasteiger partial charge in [0.25, 0.3) is 0 Å². The first-order valence-electron chi connectivity index (χ1n) is 6.22. The normalized spacial score (nSPS) is 36.4. The third kappa shape index (κ3) is 2.95. The van der Waals surface area contributed by atoms with Crippen molar-refractivity contribution in [1.82, 2.24) is 4.90 Å². The predicted octanol–water partition coefficient (Wildman–Crippen LogP) is 1.35. The first kappa shape index (κ1) is 11.9. The molecule has 0 saturated carbocycles. The van der Waals surface area contributed by atoms with Crippen LogP contribution in [0.1, 0.15) is 32.6 Å². The average molecular weight is 227 g/mol. The van der Waals surface area contributed by atoms with E-state index in [0.717, 1.165) is 39.0 Å². The van der Waals surface area contributed by atoms with E-state index in [1.807, 2.05) is 0 Å². The van der Waals surface area contributed by atoms with Crippen LogP contribution in [0.25, 0.3) is 0 Å². The van der Waals surface area contributed by atoms with Gasteiger partial charge in [-0.25, -0.2) is 0 Å². The Kier molecular flexibility index (Phi) is 3.82. The monoisotopic (exact) mass is 227 g/mol. The fraction of sp³-hybridized carbons (Fsp3) is 0.917. The third-order valence-corrected chi connectivity index (χ3v) is 3.75. The van der Waals surface area contributed by atoms with Crippen LogP contribution in [-0.2, 0) is 9.53 Å². The van der Waals surface area contributed by atoms with E-state index in [0.29, 0.717) is 24.5 Å². The van der Waals surface area contributed by atoms with Crippen LogP contribution in [0.4, 0.5) is 0 Å². The minimum atomic E-state index is -0.660. The van der Waals surface area contributed by atoms with Gasteiger partial charge in [0.2, 0.25) is 0 Å². The van der Waals surface area contributed by atoms with Crippen molar-refractivity contribution < 1.29 is 14.6 Å². The molecule has 2 rings (SSSR count). The molecular weight excluding hydrogens is 206 g/mol. The summed E-state index contributed by atoms with van der Waals surface area (Å²) in [6.45, 7) is 5.00. The molecule has 4 nitrogen and oxygen atoms in total. The van der Waals surface area contributed by atoms with Gasteiger partial charge in [0, 0.05) is 25.6 Å². The first-order valence-corrected chi connectivity index (χ1v) is 6.22. The lowest BCUT2D eigenvalue weighted by atomic mass is 10.0. The fourth-order valence-corrected chi connectivity index (χ4v) is 2.91. The molecule has 4 heteroatoms. The molecule has 3 atom stereocenters. The van der Waals surface area contributed by atoms with Crippen molar-refractivity contribution in [3.05, 3.63) is 0 Å². The molecule has 0 amide bonds. The van der Waals surface area contributed by atoms with Gasteiger partial charge in [-0.15, -0.1) is 0 Å². The first-order chi connectivity index (χ1) is 7.65. The summed E-state index contributed by atoms with van der Waals surface area (Å²) in [5.41, 5.74) is 0. The van der Waals surface area contributed by atoms with E-state index in [1.165, 1.54) is 0 Å². The van der Waals surface area contributed by atoms with Crippen LogP contribution in [0.5, 0.6) is 0 Å². The van der Waals surface area contributed by atoms with Crippen LogP contribution in [0, 0.1) is 5.92 Å². The summed E-state index contributed by atoms with van der Waals surface area (Å²) >= 11 is 0. The lowest BCUT2D eigenvalue weighted by Gasteiger charge is -2.34. The van der Waals surface area contributed by atoms with Crippen LogP contribution >= 0.6 is 0 Å². The minimum absolute atomic E-state index is 0.329. The number of rotatable bonds is 3. The number of aliphatic carboxylic acids is 1. The summed E-state index contributed by atoms with van der Waals surface area (Å²) in [6, 6.07) is 0.613. The van der Waals surface area contributed by atoms with Crippen molar-refractivity contribution >= 4 is 5.97 Å². The maximum absolute atomic E-state index is 10.7. The zero-order valence-corrected chi connectivity index (χ0v) is 9.89. The largest absolute Gasteiger partial charge is 0.481 e. The van der Waals surface area contributed by atoms with Gasteiger partial charge >= 0.3 is 5.97 Å². The van der Waals surface area contributed by atoms with E-state index in [1.54, 1.807) is 0 Å². The fourth-order valence-electron chi connectivity index (χ4n) is 2.91. The third-order valence-electron chi connectivity index (χ3n) is 3.75. The number of hydrogen-bond acceptors (Lipinski definition) is 3. The van der Waals surface area contributed by atoms with Crippen molar-refractivity contribution in [2.45, 2.75) is 44.8 Å². The number of ether oxygens (including phenoxy) is 1. The molecule has 0 aliphatic carbocycles. The van der Waals surface area contributed by atoms with Gasteiger partial charge in [0.15, 0.2) is 0 Å². The molecule has 0 bridgehead atoms. The van der Waals surface area contributed by atoms with Gasteiger partial charge in [-0.2, -0.15) is 0 Å². The number of carboxylic acid groups (broad SMARTS) is 1. The van der Waals surface area contributed by atoms with Gasteiger partial charge in [-0.3, -0.25) is 9.69 Å². The Morgan fingerprint density at radius 3 is 3.00 bits per heavy atom. The second kappa shape index (κ2) is 5.15. The van der Waals surface area contributed by atoms with Crippen LogP contribution in [0.15, 0.2) is 0 Å². The predicted molar refractivity (Wildman–Crippen MR) is 60.4 cm³/mol. The van der Waals surface area contributed by atoms with Crippen molar-refractivity contribution in [2.75, 3.05) is 19.7 Å². The smallest absolute Gasteiger partial charge is 0.303 e. The Bertz CT molecular complexity index is 257. The molecule has 92 valence electrons. The lowest BCUT2D eigenvalue weighted by Crippen LogP contribution is -2.40. The summed E-state index contributed by atoms with van der Waals surface area (Å²) in [7, 11) is 0. The molecule has 0 radical (unpaired) electrons. The zero-order chi connectivity index (χ0) is 11.5. The van der Waals surface area contributed by atoms with Gasteiger partial charge in [-0.1, -0.05) is 0 Å². The Morgan fingerprint density at radius 1 is 1.50 bits per heavy atom. The quantitative estimate of drug-likeness (QED) is 0.790. The standard InChI is InChI=1S/C12H21NO3/c1-9-6-11(3-5-16-9)13-4-2-10(8-13)7-12(14)15/h9-11H,2-8H2,1H3,(H,14,15). The van der Waals surface area contributed by atoms with Crippen LogP contribution < -0.4 is 0 Å². The summed E-state index contributed by atoms with van der Waals surface area (Å²) in [5.74, 6) is -0.303. The molecule has 1 N–H and O–H groups in total. The highest BCUT2D eigenvalue weighted by Crippen LogP contribution is 2.27. The summed E-state index contributed by atoms with van der Waals surface area (Å²) in [6.07, 6.45) is 3.93. The summed E-state index contributed by atoms with van der Waals surface area (Å²) < 4.78 is 5.54. The molecule has 16 heavy (non-hydrogen) atoms. The Labute approximate surface area is 96.6 Å². The van der Waals surface area contributed by atoms with Gasteiger partial charge < -0.3 is 9.84 Å². The van der Waals surface area contributed by atoms with Crippen molar-refractivity contribution in [3.63, 3.8) is 0 Å². The molecule has 2 fully saturated rings. The van der Waals surface area contributed by atoms with Gasteiger partial charge in [0.05, 0.1) is 6.10 Å². The number of nitrogens with zero attached hydrogens (tertiary/aromatic N) is 1. The molecule has 2 aliphatic heterocycles. The molecule has 2 heterocycles. The van der Waals surface area contributed by atoms with E-state index < -0.39 is 5.97 Å². The highest BCUT2D eigenvalue weighted by molar-refractivity contribution is 5.67. The molecule has 0 spiro atoms. The second-order valence-electron chi connectivity index (χ2n) is 5.11. The molecule has 3 unspecified atom stereocenters. The SMILES string of the molecule is CC1CC(N2CCC(CC(=O)O)C2)CCO1. The lowest BCUT2D eigenvalue weighted by molar-refractivity contribution is -0.138. The maximum atomic E-state index is 10.7.